The molecule has 31 heavy (non-hydrogen) atoms. The molecule has 0 aliphatic heterocycles. The van der Waals surface area contributed by atoms with E-state index in [4.69, 9.17) is 0 Å². The van der Waals surface area contributed by atoms with Gasteiger partial charge in [0.05, 0.1) is 16.6 Å². The van der Waals surface area contributed by atoms with Gasteiger partial charge < -0.3 is 10.6 Å². The molecule has 0 spiro atoms. The molecule has 4 aromatic rings. The van der Waals surface area contributed by atoms with E-state index in [1.54, 1.807) is 19.1 Å². The third-order valence-electron chi connectivity index (χ3n) is 4.89. The van der Waals surface area contributed by atoms with Gasteiger partial charge in [0.2, 0.25) is 5.91 Å². The minimum atomic E-state index is -0.350. The number of thiophene rings is 1. The summed E-state index contributed by atoms with van der Waals surface area (Å²) in [5, 5.41) is 6.00. The number of fused-ring (bicyclic) bond motifs is 1. The average Bonchev–Trinajstić information content (AvgIpc) is 3.10. The summed E-state index contributed by atoms with van der Waals surface area (Å²) < 4.78 is 1.25. The molecule has 2 N–H and O–H groups in total. The number of nitrogens with zero attached hydrogens (tertiary/aromatic N) is 2. The maximum atomic E-state index is 13.0. The van der Waals surface area contributed by atoms with E-state index in [1.165, 1.54) is 10.9 Å². The van der Waals surface area contributed by atoms with Crippen LogP contribution in [0.25, 0.3) is 10.2 Å². The van der Waals surface area contributed by atoms with Crippen molar-refractivity contribution in [3.63, 3.8) is 0 Å². The summed E-state index contributed by atoms with van der Waals surface area (Å²) in [7, 11) is 0. The monoisotopic (exact) mass is 432 g/mol. The minimum Gasteiger partial charge on any atom is -0.325 e. The number of carbonyl (C=O) groups excluding carboxylic acids is 2. The first-order valence-electron chi connectivity index (χ1n) is 9.64. The first-order chi connectivity index (χ1) is 14.9. The van der Waals surface area contributed by atoms with Crippen molar-refractivity contribution >= 4 is 44.7 Å². The van der Waals surface area contributed by atoms with Crippen LogP contribution < -0.4 is 16.2 Å². The van der Waals surface area contributed by atoms with Gasteiger partial charge in [-0.15, -0.1) is 11.3 Å². The molecule has 0 bridgehead atoms. The van der Waals surface area contributed by atoms with Gasteiger partial charge in [-0.2, -0.15) is 0 Å². The number of anilines is 2. The summed E-state index contributed by atoms with van der Waals surface area (Å²) in [6, 6.07) is 16.5. The molecule has 0 saturated heterocycles. The zero-order valence-corrected chi connectivity index (χ0v) is 17.8. The normalized spacial score (nSPS) is 10.8. The van der Waals surface area contributed by atoms with E-state index in [0.717, 1.165) is 16.9 Å². The molecule has 2 heterocycles. The number of benzene rings is 2. The van der Waals surface area contributed by atoms with E-state index >= 15 is 0 Å². The van der Waals surface area contributed by atoms with Crippen LogP contribution in [-0.4, -0.2) is 21.4 Å². The van der Waals surface area contributed by atoms with Crippen molar-refractivity contribution in [2.75, 3.05) is 10.6 Å². The number of carbonyl (C=O) groups is 2. The van der Waals surface area contributed by atoms with Crippen LogP contribution in [0.4, 0.5) is 11.4 Å². The molecular formula is C23H20N4O3S. The standard InChI is InChI=1S/C23H20N4O3S/c1-14-8-6-7-11-17(14)26-21(29)20-15(2)19-22(31-20)24-13-27(23(19)30)12-18(28)25-16-9-4-3-5-10-16/h3-11,13H,12H2,1-2H3,(H,25,28)(H,26,29). The Kier molecular flexibility index (Phi) is 5.64. The third kappa shape index (κ3) is 4.24. The fraction of sp³-hybridized carbons (Fsp3) is 0.130. The second-order valence-corrected chi connectivity index (χ2v) is 8.10. The van der Waals surface area contributed by atoms with Gasteiger partial charge in [-0.05, 0) is 43.2 Å². The van der Waals surface area contributed by atoms with Crippen LogP contribution in [-0.2, 0) is 11.3 Å². The SMILES string of the molecule is Cc1ccccc1NC(=O)c1sc2ncn(CC(=O)Nc3ccccc3)c(=O)c2c1C. The molecule has 0 unspecified atom stereocenters. The lowest BCUT2D eigenvalue weighted by atomic mass is 10.2. The van der Waals surface area contributed by atoms with Crippen molar-refractivity contribution in [2.24, 2.45) is 0 Å². The Balaban J connectivity index is 1.60. The summed E-state index contributed by atoms with van der Waals surface area (Å²) in [5.74, 6) is -0.623. The van der Waals surface area contributed by atoms with Gasteiger partial charge in [-0.3, -0.25) is 19.0 Å². The third-order valence-corrected chi connectivity index (χ3v) is 6.09. The number of hydrogen-bond acceptors (Lipinski definition) is 5. The van der Waals surface area contributed by atoms with Gasteiger partial charge >= 0.3 is 0 Å². The fourth-order valence-electron chi connectivity index (χ4n) is 3.26. The predicted molar refractivity (Wildman–Crippen MR) is 123 cm³/mol. The molecule has 2 aromatic carbocycles. The van der Waals surface area contributed by atoms with Crippen LogP contribution in [0, 0.1) is 13.8 Å². The maximum Gasteiger partial charge on any atom is 0.266 e. The van der Waals surface area contributed by atoms with E-state index in [0.29, 0.717) is 32.0 Å². The summed E-state index contributed by atoms with van der Waals surface area (Å²) in [6.45, 7) is 3.47. The predicted octanol–water partition coefficient (Wildman–Crippen LogP) is 3.97. The van der Waals surface area contributed by atoms with E-state index in [1.807, 2.05) is 49.4 Å². The van der Waals surface area contributed by atoms with E-state index in [9.17, 15) is 14.4 Å². The molecule has 4 rings (SSSR count). The summed E-state index contributed by atoms with van der Waals surface area (Å²) in [6.07, 6.45) is 1.34. The first kappa shape index (κ1) is 20.5. The zero-order valence-electron chi connectivity index (χ0n) is 17.0. The number of amides is 2. The average molecular weight is 433 g/mol. The van der Waals surface area contributed by atoms with E-state index < -0.39 is 0 Å². The number of nitrogens with one attached hydrogen (secondary N) is 2. The molecule has 0 saturated carbocycles. The molecule has 0 atom stereocenters. The highest BCUT2D eigenvalue weighted by atomic mass is 32.1. The lowest BCUT2D eigenvalue weighted by molar-refractivity contribution is -0.116. The fourth-order valence-corrected chi connectivity index (χ4v) is 4.29. The Bertz CT molecular complexity index is 1340. The molecule has 2 amide bonds. The van der Waals surface area contributed by atoms with Crippen molar-refractivity contribution < 1.29 is 9.59 Å². The highest BCUT2D eigenvalue weighted by Gasteiger charge is 2.20. The Hall–Kier alpha value is -3.78. The molecule has 7 nitrogen and oxygen atoms in total. The molecule has 0 radical (unpaired) electrons. The van der Waals surface area contributed by atoms with Gasteiger partial charge in [0, 0.05) is 11.4 Å². The Morgan fingerprint density at radius 2 is 1.71 bits per heavy atom. The number of hydrogen-bond donors (Lipinski definition) is 2. The van der Waals surface area contributed by atoms with Crippen LogP contribution in [0.3, 0.4) is 0 Å². The summed E-state index contributed by atoms with van der Waals surface area (Å²) >= 11 is 1.16. The van der Waals surface area contributed by atoms with Crippen LogP contribution in [0.5, 0.6) is 0 Å². The largest absolute Gasteiger partial charge is 0.325 e. The highest BCUT2D eigenvalue weighted by molar-refractivity contribution is 7.20. The molecule has 0 aliphatic rings. The van der Waals surface area contributed by atoms with E-state index in [-0.39, 0.29) is 23.9 Å². The topological polar surface area (TPSA) is 93.1 Å². The van der Waals surface area contributed by atoms with Gasteiger partial charge in [0.25, 0.3) is 11.5 Å². The zero-order chi connectivity index (χ0) is 22.0. The van der Waals surface area contributed by atoms with Crippen LogP contribution in [0.15, 0.2) is 65.7 Å². The van der Waals surface area contributed by atoms with Crippen LogP contribution >= 0.6 is 11.3 Å². The molecule has 156 valence electrons. The Morgan fingerprint density at radius 1 is 1.00 bits per heavy atom. The summed E-state index contributed by atoms with van der Waals surface area (Å²) in [5.41, 5.74) is 2.52. The number of para-hydroxylation sites is 2. The minimum absolute atomic E-state index is 0.170. The quantitative estimate of drug-likeness (QED) is 0.499. The van der Waals surface area contributed by atoms with Gasteiger partial charge in [-0.1, -0.05) is 36.4 Å². The lowest BCUT2D eigenvalue weighted by Gasteiger charge is -2.07. The molecule has 8 heteroatoms. The van der Waals surface area contributed by atoms with Crippen molar-refractivity contribution in [1.82, 2.24) is 9.55 Å². The van der Waals surface area contributed by atoms with Crippen LogP contribution in [0.2, 0.25) is 0 Å². The molecule has 2 aromatic heterocycles. The highest BCUT2D eigenvalue weighted by Crippen LogP contribution is 2.28. The maximum absolute atomic E-state index is 13.0. The van der Waals surface area contributed by atoms with Crippen molar-refractivity contribution in [1.29, 1.82) is 0 Å². The Labute approximate surface area is 182 Å². The second kappa shape index (κ2) is 8.53. The lowest BCUT2D eigenvalue weighted by Crippen LogP contribution is -2.27. The first-order valence-corrected chi connectivity index (χ1v) is 10.5. The smallest absolute Gasteiger partial charge is 0.266 e. The summed E-state index contributed by atoms with van der Waals surface area (Å²) in [4.78, 5) is 43.4. The van der Waals surface area contributed by atoms with Gasteiger partial charge in [0.1, 0.15) is 11.4 Å². The number of aromatic nitrogens is 2. The number of rotatable bonds is 5. The van der Waals surface area contributed by atoms with Crippen molar-refractivity contribution in [3.05, 3.63) is 87.3 Å². The second-order valence-electron chi connectivity index (χ2n) is 7.10. The van der Waals surface area contributed by atoms with Crippen LogP contribution in [0.1, 0.15) is 20.8 Å². The molecule has 0 aliphatic carbocycles. The van der Waals surface area contributed by atoms with Crippen molar-refractivity contribution in [3.8, 4) is 0 Å². The van der Waals surface area contributed by atoms with Gasteiger partial charge in [-0.25, -0.2) is 4.98 Å². The van der Waals surface area contributed by atoms with Gasteiger partial charge in [0.15, 0.2) is 0 Å². The molecular weight excluding hydrogens is 412 g/mol. The van der Waals surface area contributed by atoms with E-state index in [2.05, 4.69) is 15.6 Å². The Morgan fingerprint density at radius 3 is 2.45 bits per heavy atom. The number of aryl methyl sites for hydroxylation is 2. The molecule has 0 fully saturated rings. The van der Waals surface area contributed by atoms with Crippen molar-refractivity contribution in [2.45, 2.75) is 20.4 Å².